The monoisotopic (exact) mass is 251 g/mol. The lowest BCUT2D eigenvalue weighted by Crippen LogP contribution is -2.14. The highest BCUT2D eigenvalue weighted by molar-refractivity contribution is 6.29. The van der Waals surface area contributed by atoms with Crippen molar-refractivity contribution >= 4 is 23.3 Å². The maximum absolute atomic E-state index is 11.6. The molecule has 0 saturated heterocycles. The second kappa shape index (κ2) is 4.75. The number of carbonyl (C=O) groups is 1. The van der Waals surface area contributed by atoms with Crippen molar-refractivity contribution in [2.45, 2.75) is 0 Å². The van der Waals surface area contributed by atoms with E-state index in [1.807, 2.05) is 0 Å². The third-order valence-electron chi connectivity index (χ3n) is 1.84. The summed E-state index contributed by atoms with van der Waals surface area (Å²) in [4.78, 5) is 22.3. The Balaban J connectivity index is 2.14. The Bertz CT molecular complexity index is 574. The second-order valence-electron chi connectivity index (χ2n) is 3.04. The van der Waals surface area contributed by atoms with Crippen LogP contribution in [0.15, 0.2) is 39.7 Å². The fourth-order valence-corrected chi connectivity index (χ4v) is 1.16. The first kappa shape index (κ1) is 11.3. The Kier molecular flexibility index (Phi) is 3.15. The second-order valence-corrected chi connectivity index (χ2v) is 3.43. The molecule has 0 aliphatic rings. The van der Waals surface area contributed by atoms with Gasteiger partial charge in [-0.2, -0.15) is 0 Å². The summed E-state index contributed by atoms with van der Waals surface area (Å²) in [5, 5.41) is 9.92. The molecule has 2 aromatic rings. The molecule has 0 aromatic carbocycles. The number of carbonyl (C=O) groups excluding carboxylic acids is 1. The van der Waals surface area contributed by atoms with Gasteiger partial charge in [0.05, 0.1) is 5.56 Å². The van der Waals surface area contributed by atoms with Crippen molar-refractivity contribution < 1.29 is 9.21 Å². The highest BCUT2D eigenvalue weighted by Crippen LogP contribution is 2.07. The van der Waals surface area contributed by atoms with E-state index in [1.165, 1.54) is 18.2 Å². The molecule has 2 rings (SSSR count). The van der Waals surface area contributed by atoms with Crippen LogP contribution in [0.2, 0.25) is 5.15 Å². The molecular formula is C10H6ClN3O3. The Morgan fingerprint density at radius 3 is 2.65 bits per heavy atom. The van der Waals surface area contributed by atoms with Gasteiger partial charge in [0.2, 0.25) is 0 Å². The maximum atomic E-state index is 11.6. The number of hydrogen-bond acceptors (Lipinski definition) is 5. The summed E-state index contributed by atoms with van der Waals surface area (Å²) in [5.41, 5.74) is -0.311. The van der Waals surface area contributed by atoms with E-state index < -0.39 is 11.5 Å². The van der Waals surface area contributed by atoms with Gasteiger partial charge in [0, 0.05) is 6.07 Å². The van der Waals surface area contributed by atoms with E-state index in [2.05, 4.69) is 19.9 Å². The predicted molar refractivity (Wildman–Crippen MR) is 60.0 cm³/mol. The van der Waals surface area contributed by atoms with Crippen LogP contribution in [0.4, 0.5) is 5.82 Å². The standard InChI is InChI=1S/C10H6ClN3O3/c11-7-2-3-8(14-13-7)12-10(16)6-1-4-9(15)17-5-6/h1-5H,(H,12,14,16). The zero-order valence-electron chi connectivity index (χ0n) is 8.38. The van der Waals surface area contributed by atoms with Crippen LogP contribution >= 0.6 is 11.6 Å². The van der Waals surface area contributed by atoms with Crippen molar-refractivity contribution in [3.05, 3.63) is 51.7 Å². The Hall–Kier alpha value is -2.21. The molecule has 2 aromatic heterocycles. The average molecular weight is 252 g/mol. The van der Waals surface area contributed by atoms with Crippen molar-refractivity contribution in [1.82, 2.24) is 10.2 Å². The number of hydrogen-bond donors (Lipinski definition) is 1. The van der Waals surface area contributed by atoms with Crippen LogP contribution in [0.1, 0.15) is 10.4 Å². The molecule has 0 fully saturated rings. The summed E-state index contributed by atoms with van der Waals surface area (Å²) in [5.74, 6) is -0.198. The first-order valence-corrected chi connectivity index (χ1v) is 4.92. The first-order valence-electron chi connectivity index (χ1n) is 4.54. The van der Waals surface area contributed by atoms with E-state index in [0.29, 0.717) is 0 Å². The Morgan fingerprint density at radius 1 is 1.24 bits per heavy atom. The summed E-state index contributed by atoms with van der Waals surface area (Å²) < 4.78 is 4.56. The number of halogens is 1. The molecule has 6 nitrogen and oxygen atoms in total. The van der Waals surface area contributed by atoms with E-state index in [9.17, 15) is 9.59 Å². The van der Waals surface area contributed by atoms with Gasteiger partial charge in [-0.25, -0.2) is 4.79 Å². The number of amides is 1. The SMILES string of the molecule is O=C(Nc1ccc(Cl)nn1)c1ccc(=O)oc1. The highest BCUT2D eigenvalue weighted by Gasteiger charge is 2.07. The van der Waals surface area contributed by atoms with Gasteiger partial charge in [-0.05, 0) is 18.2 Å². The molecule has 0 unspecified atom stereocenters. The molecular weight excluding hydrogens is 246 g/mol. The summed E-state index contributed by atoms with van der Waals surface area (Å²) in [6.45, 7) is 0. The summed E-state index contributed by atoms with van der Waals surface area (Å²) in [6, 6.07) is 5.51. The molecule has 0 aliphatic heterocycles. The van der Waals surface area contributed by atoms with E-state index in [0.717, 1.165) is 12.3 Å². The zero-order chi connectivity index (χ0) is 12.3. The van der Waals surface area contributed by atoms with E-state index in [-0.39, 0.29) is 16.5 Å². The van der Waals surface area contributed by atoms with E-state index in [1.54, 1.807) is 0 Å². The summed E-state index contributed by atoms with van der Waals surface area (Å²) in [7, 11) is 0. The largest absolute Gasteiger partial charge is 0.430 e. The molecule has 0 aliphatic carbocycles. The van der Waals surface area contributed by atoms with Gasteiger partial charge in [-0.15, -0.1) is 10.2 Å². The van der Waals surface area contributed by atoms with Crippen molar-refractivity contribution in [3.8, 4) is 0 Å². The van der Waals surface area contributed by atoms with Crippen LogP contribution < -0.4 is 10.9 Å². The summed E-state index contributed by atoms with van der Waals surface area (Å²) >= 11 is 5.55. The number of nitrogens with one attached hydrogen (secondary N) is 1. The van der Waals surface area contributed by atoms with Crippen LogP contribution in [0.3, 0.4) is 0 Å². The van der Waals surface area contributed by atoms with Crippen molar-refractivity contribution in [2.75, 3.05) is 5.32 Å². The number of anilines is 1. The predicted octanol–water partition coefficient (Wildman–Crippen LogP) is 1.34. The lowest BCUT2D eigenvalue weighted by molar-refractivity contribution is 0.102. The van der Waals surface area contributed by atoms with Crippen LogP contribution in [-0.2, 0) is 0 Å². The minimum Gasteiger partial charge on any atom is -0.430 e. The van der Waals surface area contributed by atoms with Crippen molar-refractivity contribution in [1.29, 1.82) is 0 Å². The van der Waals surface area contributed by atoms with E-state index >= 15 is 0 Å². The van der Waals surface area contributed by atoms with Gasteiger partial charge < -0.3 is 9.73 Å². The molecule has 7 heteroatoms. The minimum absolute atomic E-state index is 0.210. The third kappa shape index (κ3) is 2.88. The van der Waals surface area contributed by atoms with Gasteiger partial charge in [0.15, 0.2) is 11.0 Å². The van der Waals surface area contributed by atoms with Crippen LogP contribution in [0.25, 0.3) is 0 Å². The van der Waals surface area contributed by atoms with E-state index in [4.69, 9.17) is 11.6 Å². The normalized spacial score (nSPS) is 9.94. The van der Waals surface area contributed by atoms with Crippen LogP contribution in [-0.4, -0.2) is 16.1 Å². The molecule has 2 heterocycles. The smallest absolute Gasteiger partial charge is 0.335 e. The van der Waals surface area contributed by atoms with Gasteiger partial charge in [0.1, 0.15) is 6.26 Å². The average Bonchev–Trinajstić information content (AvgIpc) is 2.33. The summed E-state index contributed by atoms with van der Waals surface area (Å²) in [6.07, 6.45) is 1.07. The van der Waals surface area contributed by atoms with Crippen LogP contribution in [0, 0.1) is 0 Å². The molecule has 86 valence electrons. The number of aromatic nitrogens is 2. The Morgan fingerprint density at radius 2 is 2.06 bits per heavy atom. The highest BCUT2D eigenvalue weighted by atomic mass is 35.5. The van der Waals surface area contributed by atoms with Crippen molar-refractivity contribution in [3.63, 3.8) is 0 Å². The lowest BCUT2D eigenvalue weighted by atomic mass is 10.3. The van der Waals surface area contributed by atoms with Gasteiger partial charge in [-0.1, -0.05) is 11.6 Å². The molecule has 0 atom stereocenters. The van der Waals surface area contributed by atoms with Gasteiger partial charge >= 0.3 is 5.63 Å². The number of rotatable bonds is 2. The van der Waals surface area contributed by atoms with Gasteiger partial charge in [0.25, 0.3) is 5.91 Å². The molecule has 0 spiro atoms. The maximum Gasteiger partial charge on any atom is 0.335 e. The van der Waals surface area contributed by atoms with Crippen LogP contribution in [0.5, 0.6) is 0 Å². The molecule has 1 N–H and O–H groups in total. The fourth-order valence-electron chi connectivity index (χ4n) is 1.06. The quantitative estimate of drug-likeness (QED) is 0.870. The topological polar surface area (TPSA) is 85.1 Å². The Labute approximate surface area is 100 Å². The fraction of sp³-hybridized carbons (Fsp3) is 0. The molecule has 17 heavy (non-hydrogen) atoms. The first-order chi connectivity index (χ1) is 8.15. The molecule has 0 saturated carbocycles. The zero-order valence-corrected chi connectivity index (χ0v) is 9.14. The van der Waals surface area contributed by atoms with Crippen molar-refractivity contribution in [2.24, 2.45) is 0 Å². The molecule has 0 radical (unpaired) electrons. The number of nitrogens with zero attached hydrogens (tertiary/aromatic N) is 2. The minimum atomic E-state index is -0.521. The van der Waals surface area contributed by atoms with Gasteiger partial charge in [-0.3, -0.25) is 4.79 Å². The molecule has 0 bridgehead atoms. The molecule has 1 amide bonds. The third-order valence-corrected chi connectivity index (χ3v) is 2.04. The lowest BCUT2D eigenvalue weighted by Gasteiger charge is -2.02.